The SMILES string of the molecule is C=CCn1c(SCc2csc(-c3ccsc3)n2)nnc1C1COc2ccccc2O1. The van der Waals surface area contributed by atoms with Gasteiger partial charge in [-0.2, -0.15) is 11.3 Å². The molecule has 0 spiro atoms. The third-order valence-electron chi connectivity index (χ3n) is 4.52. The van der Waals surface area contributed by atoms with Crippen LogP contribution < -0.4 is 9.47 Å². The Morgan fingerprint density at radius 3 is 2.93 bits per heavy atom. The molecule has 0 aliphatic carbocycles. The summed E-state index contributed by atoms with van der Waals surface area (Å²) in [7, 11) is 0. The monoisotopic (exact) mass is 454 g/mol. The third-order valence-corrected chi connectivity index (χ3v) is 7.15. The van der Waals surface area contributed by atoms with Crippen molar-refractivity contribution < 1.29 is 9.47 Å². The number of thiophene rings is 1. The van der Waals surface area contributed by atoms with E-state index in [1.165, 1.54) is 5.56 Å². The summed E-state index contributed by atoms with van der Waals surface area (Å²) in [6.07, 6.45) is 1.53. The number of thiazole rings is 1. The first-order valence-electron chi connectivity index (χ1n) is 9.34. The average molecular weight is 455 g/mol. The molecule has 5 rings (SSSR count). The second-order valence-corrected chi connectivity index (χ2v) is 9.13. The normalized spacial score (nSPS) is 15.3. The van der Waals surface area contributed by atoms with Crippen molar-refractivity contribution in [2.24, 2.45) is 0 Å². The Hall–Kier alpha value is -2.62. The molecule has 30 heavy (non-hydrogen) atoms. The summed E-state index contributed by atoms with van der Waals surface area (Å²) in [5.41, 5.74) is 2.21. The molecule has 0 amide bonds. The zero-order chi connectivity index (χ0) is 20.3. The van der Waals surface area contributed by atoms with Gasteiger partial charge < -0.3 is 9.47 Å². The number of rotatable bonds is 7. The number of nitrogens with zero attached hydrogens (tertiary/aromatic N) is 4. The Morgan fingerprint density at radius 1 is 1.20 bits per heavy atom. The second kappa shape index (κ2) is 8.63. The van der Waals surface area contributed by atoms with Crippen molar-refractivity contribution >= 4 is 34.4 Å². The van der Waals surface area contributed by atoms with Gasteiger partial charge in [0.05, 0.1) is 5.69 Å². The second-order valence-electron chi connectivity index (χ2n) is 6.55. The topological polar surface area (TPSA) is 62.1 Å². The van der Waals surface area contributed by atoms with Crippen LogP contribution in [0.4, 0.5) is 0 Å². The van der Waals surface area contributed by atoms with Crippen LogP contribution in [0, 0.1) is 0 Å². The number of allylic oxidation sites excluding steroid dienone is 1. The van der Waals surface area contributed by atoms with Crippen LogP contribution in [0.25, 0.3) is 10.6 Å². The maximum atomic E-state index is 6.12. The van der Waals surface area contributed by atoms with Crippen molar-refractivity contribution in [2.45, 2.75) is 23.6 Å². The number of benzene rings is 1. The first kappa shape index (κ1) is 19.3. The average Bonchev–Trinajstić information content (AvgIpc) is 3.53. The molecule has 1 unspecified atom stereocenters. The molecule has 4 heterocycles. The molecule has 9 heteroatoms. The van der Waals surface area contributed by atoms with Gasteiger partial charge in [-0.1, -0.05) is 30.0 Å². The van der Waals surface area contributed by atoms with Crippen LogP contribution >= 0.6 is 34.4 Å². The van der Waals surface area contributed by atoms with E-state index >= 15 is 0 Å². The summed E-state index contributed by atoms with van der Waals surface area (Å²) in [4.78, 5) is 4.75. The van der Waals surface area contributed by atoms with Gasteiger partial charge >= 0.3 is 0 Å². The lowest BCUT2D eigenvalue weighted by atomic mass is 10.2. The number of para-hydroxylation sites is 2. The molecule has 0 bridgehead atoms. The fourth-order valence-corrected chi connectivity index (χ4v) is 5.61. The molecule has 1 aliphatic rings. The summed E-state index contributed by atoms with van der Waals surface area (Å²) in [6, 6.07) is 9.76. The molecule has 4 aromatic rings. The van der Waals surface area contributed by atoms with Gasteiger partial charge in [0.1, 0.15) is 11.6 Å². The highest BCUT2D eigenvalue weighted by molar-refractivity contribution is 7.98. The summed E-state index contributed by atoms with van der Waals surface area (Å²) >= 11 is 4.96. The number of hydrogen-bond donors (Lipinski definition) is 0. The molecule has 6 nitrogen and oxygen atoms in total. The minimum atomic E-state index is -0.314. The first-order valence-corrected chi connectivity index (χ1v) is 12.1. The minimum Gasteiger partial charge on any atom is -0.485 e. The van der Waals surface area contributed by atoms with E-state index in [2.05, 4.69) is 39.0 Å². The molecule has 0 saturated carbocycles. The molecular weight excluding hydrogens is 436 g/mol. The van der Waals surface area contributed by atoms with Gasteiger partial charge in [0.25, 0.3) is 0 Å². The summed E-state index contributed by atoms with van der Waals surface area (Å²) < 4.78 is 14.0. The van der Waals surface area contributed by atoms with E-state index in [4.69, 9.17) is 14.5 Å². The summed E-state index contributed by atoms with van der Waals surface area (Å²) in [5.74, 6) is 2.94. The van der Waals surface area contributed by atoms with Crippen molar-refractivity contribution in [3.8, 4) is 22.1 Å². The maximum absolute atomic E-state index is 6.12. The highest BCUT2D eigenvalue weighted by Gasteiger charge is 2.28. The molecule has 152 valence electrons. The largest absolute Gasteiger partial charge is 0.485 e. The number of fused-ring (bicyclic) bond motifs is 1. The maximum Gasteiger partial charge on any atom is 0.192 e. The number of hydrogen-bond acceptors (Lipinski definition) is 8. The quantitative estimate of drug-likeness (QED) is 0.273. The first-order chi connectivity index (χ1) is 14.8. The van der Waals surface area contributed by atoms with E-state index in [1.807, 2.05) is 34.9 Å². The lowest BCUT2D eigenvalue weighted by molar-refractivity contribution is 0.0821. The number of aromatic nitrogens is 4. The third kappa shape index (κ3) is 3.88. The fourth-order valence-electron chi connectivity index (χ4n) is 3.12. The van der Waals surface area contributed by atoms with Crippen molar-refractivity contribution in [3.63, 3.8) is 0 Å². The van der Waals surface area contributed by atoms with Gasteiger partial charge in [0.15, 0.2) is 28.6 Å². The Kier molecular flexibility index (Phi) is 5.56. The zero-order valence-corrected chi connectivity index (χ0v) is 18.4. The highest BCUT2D eigenvalue weighted by atomic mass is 32.2. The van der Waals surface area contributed by atoms with E-state index < -0.39 is 0 Å². The Bertz CT molecular complexity index is 1150. The number of thioether (sulfide) groups is 1. The van der Waals surface area contributed by atoms with E-state index in [0.29, 0.717) is 13.2 Å². The van der Waals surface area contributed by atoms with Crippen LogP contribution in [-0.4, -0.2) is 26.4 Å². The predicted molar refractivity (Wildman–Crippen MR) is 121 cm³/mol. The van der Waals surface area contributed by atoms with E-state index in [0.717, 1.165) is 38.9 Å². The standard InChI is InChI=1S/C21H18N4O2S3/c1-2-8-25-19(18-10-26-16-5-3-4-6-17(16)27-18)23-24-21(25)30-13-15-12-29-20(22-15)14-7-9-28-11-14/h2-7,9,11-12,18H,1,8,10,13H2. The zero-order valence-electron chi connectivity index (χ0n) is 15.9. The predicted octanol–water partition coefficient (Wildman–Crippen LogP) is 5.45. The van der Waals surface area contributed by atoms with Crippen LogP contribution in [0.15, 0.2) is 64.3 Å². The van der Waals surface area contributed by atoms with E-state index in [9.17, 15) is 0 Å². The molecule has 0 N–H and O–H groups in total. The van der Waals surface area contributed by atoms with Gasteiger partial charge in [-0.3, -0.25) is 4.57 Å². The van der Waals surface area contributed by atoms with Crippen LogP contribution in [0.2, 0.25) is 0 Å². The molecule has 0 fully saturated rings. The molecule has 1 atom stereocenters. The summed E-state index contributed by atoms with van der Waals surface area (Å²) in [5, 5.41) is 17.0. The lowest BCUT2D eigenvalue weighted by Gasteiger charge is -2.26. The van der Waals surface area contributed by atoms with E-state index in [1.54, 1.807) is 34.4 Å². The van der Waals surface area contributed by atoms with Gasteiger partial charge in [-0.25, -0.2) is 4.98 Å². The van der Waals surface area contributed by atoms with Crippen molar-refractivity contribution in [2.75, 3.05) is 6.61 Å². The smallest absolute Gasteiger partial charge is 0.192 e. The van der Waals surface area contributed by atoms with Crippen molar-refractivity contribution in [3.05, 3.63) is 70.6 Å². The fraction of sp³-hybridized carbons (Fsp3) is 0.190. The lowest BCUT2D eigenvalue weighted by Crippen LogP contribution is -2.25. The molecule has 3 aromatic heterocycles. The van der Waals surface area contributed by atoms with Gasteiger partial charge in [0, 0.05) is 28.6 Å². The molecule has 0 radical (unpaired) electrons. The van der Waals surface area contributed by atoms with Gasteiger partial charge in [0.2, 0.25) is 0 Å². The summed E-state index contributed by atoms with van der Waals surface area (Å²) in [6.45, 7) is 4.88. The van der Waals surface area contributed by atoms with Crippen LogP contribution in [0.5, 0.6) is 11.5 Å². The Labute approximate surface area is 186 Å². The molecule has 1 aliphatic heterocycles. The minimum absolute atomic E-state index is 0.314. The number of ether oxygens (including phenoxy) is 2. The Morgan fingerprint density at radius 2 is 2.10 bits per heavy atom. The van der Waals surface area contributed by atoms with Crippen LogP contribution in [-0.2, 0) is 12.3 Å². The van der Waals surface area contributed by atoms with Crippen molar-refractivity contribution in [1.29, 1.82) is 0 Å². The molecule has 0 saturated heterocycles. The van der Waals surface area contributed by atoms with Crippen LogP contribution in [0.1, 0.15) is 17.6 Å². The van der Waals surface area contributed by atoms with Crippen molar-refractivity contribution in [1.82, 2.24) is 19.7 Å². The van der Waals surface area contributed by atoms with E-state index in [-0.39, 0.29) is 6.10 Å². The van der Waals surface area contributed by atoms with Crippen LogP contribution in [0.3, 0.4) is 0 Å². The molecular formula is C21H18N4O2S3. The highest BCUT2D eigenvalue weighted by Crippen LogP contribution is 2.36. The van der Waals surface area contributed by atoms with Gasteiger partial charge in [-0.15, -0.1) is 28.1 Å². The van der Waals surface area contributed by atoms with Gasteiger partial charge in [-0.05, 0) is 23.6 Å². The molecule has 1 aromatic carbocycles. The Balaban J connectivity index is 1.33.